The Bertz CT molecular complexity index is 1160. The first-order valence-electron chi connectivity index (χ1n) is 9.09. The van der Waals surface area contributed by atoms with Crippen molar-refractivity contribution in [3.8, 4) is 0 Å². The highest BCUT2D eigenvalue weighted by Gasteiger charge is 2.37. The Balaban J connectivity index is 2.01. The van der Waals surface area contributed by atoms with Crippen LogP contribution in [0, 0.1) is 0 Å². The van der Waals surface area contributed by atoms with E-state index in [9.17, 15) is 28.3 Å². The number of halogens is 2. The van der Waals surface area contributed by atoms with Crippen LogP contribution in [0.2, 0.25) is 0 Å². The maximum absolute atomic E-state index is 14.8. The van der Waals surface area contributed by atoms with Crippen LogP contribution in [-0.4, -0.2) is 50.8 Å². The number of aryl methyl sites for hydroxylation is 1. The molecular weight excluding hydrogens is 386 g/mol. The first-order valence-corrected chi connectivity index (χ1v) is 9.09. The summed E-state index contributed by atoms with van der Waals surface area (Å²) in [6.45, 7) is 0.287. The van der Waals surface area contributed by atoms with Crippen LogP contribution in [0.3, 0.4) is 0 Å². The summed E-state index contributed by atoms with van der Waals surface area (Å²) in [6, 6.07) is 0. The fourth-order valence-corrected chi connectivity index (χ4v) is 3.80. The van der Waals surface area contributed by atoms with Gasteiger partial charge in [-0.1, -0.05) is 0 Å². The summed E-state index contributed by atoms with van der Waals surface area (Å²) < 4.78 is 32.0. The van der Waals surface area contributed by atoms with Gasteiger partial charge in [0.1, 0.15) is 23.8 Å². The van der Waals surface area contributed by atoms with Gasteiger partial charge in [0.2, 0.25) is 5.91 Å². The van der Waals surface area contributed by atoms with E-state index in [1.54, 1.807) is 0 Å². The molecule has 152 valence electrons. The highest BCUT2D eigenvalue weighted by Crippen LogP contribution is 2.36. The number of aromatic nitrogens is 3. The molecule has 1 aliphatic heterocycles. The molecule has 2 aromatic rings. The Morgan fingerprint density at radius 3 is 2.86 bits per heavy atom. The maximum atomic E-state index is 14.8. The van der Waals surface area contributed by atoms with Gasteiger partial charge in [0.05, 0.1) is 11.0 Å². The van der Waals surface area contributed by atoms with Crippen molar-refractivity contribution in [1.29, 1.82) is 0 Å². The second kappa shape index (κ2) is 6.94. The predicted molar refractivity (Wildman–Crippen MR) is 99.9 cm³/mol. The number of carbonyl (C=O) groups is 2. The average molecular weight is 404 g/mol. The molecule has 29 heavy (non-hydrogen) atoms. The number of amides is 1. The summed E-state index contributed by atoms with van der Waals surface area (Å²) in [6.07, 6.45) is -0.779. The van der Waals surface area contributed by atoms with Crippen molar-refractivity contribution < 1.29 is 23.5 Å². The summed E-state index contributed by atoms with van der Waals surface area (Å²) in [4.78, 5) is 40.7. The SMILES string of the molecule is CNC(=O)Cn1cc(C2=CC(C=O)=C(O)C(F)C2F)c2c(=O)n3c(nc21)CCC3. The van der Waals surface area contributed by atoms with Crippen molar-refractivity contribution >= 4 is 28.8 Å². The molecule has 2 aromatic heterocycles. The third-order valence-electron chi connectivity index (χ3n) is 5.29. The number of hydrogen-bond acceptors (Lipinski definition) is 5. The lowest BCUT2D eigenvalue weighted by Gasteiger charge is -2.21. The highest BCUT2D eigenvalue weighted by molar-refractivity contribution is 5.96. The van der Waals surface area contributed by atoms with E-state index in [1.165, 1.54) is 22.4 Å². The zero-order chi connectivity index (χ0) is 20.9. The quantitative estimate of drug-likeness (QED) is 0.739. The number of likely N-dealkylation sites (N-methyl/N-ethyl adjacent to an activating group) is 1. The molecule has 8 nitrogen and oxygen atoms in total. The third kappa shape index (κ3) is 2.86. The number of aliphatic hydroxyl groups excluding tert-OH is 1. The van der Waals surface area contributed by atoms with Gasteiger partial charge in [-0.2, -0.15) is 0 Å². The van der Waals surface area contributed by atoms with Crippen LogP contribution in [0.5, 0.6) is 0 Å². The molecule has 2 unspecified atom stereocenters. The van der Waals surface area contributed by atoms with Gasteiger partial charge in [-0.25, -0.2) is 13.8 Å². The van der Waals surface area contributed by atoms with E-state index in [-0.39, 0.29) is 40.9 Å². The van der Waals surface area contributed by atoms with E-state index in [2.05, 4.69) is 10.3 Å². The van der Waals surface area contributed by atoms with Crippen molar-refractivity contribution in [1.82, 2.24) is 19.4 Å². The highest BCUT2D eigenvalue weighted by atomic mass is 19.2. The molecule has 4 rings (SSSR count). The molecule has 0 saturated heterocycles. The molecule has 0 fully saturated rings. The Hall–Kier alpha value is -3.30. The van der Waals surface area contributed by atoms with Crippen LogP contribution < -0.4 is 10.9 Å². The molecule has 1 amide bonds. The molecule has 0 bridgehead atoms. The van der Waals surface area contributed by atoms with Crippen LogP contribution in [0.25, 0.3) is 16.6 Å². The number of allylic oxidation sites excluding steroid dienone is 4. The van der Waals surface area contributed by atoms with E-state index in [0.29, 0.717) is 18.8 Å². The zero-order valence-electron chi connectivity index (χ0n) is 15.5. The Labute approximate surface area is 163 Å². The first kappa shape index (κ1) is 19.0. The summed E-state index contributed by atoms with van der Waals surface area (Å²) in [5, 5.41) is 12.2. The van der Waals surface area contributed by atoms with Crippen molar-refractivity contribution in [2.45, 2.75) is 38.3 Å². The van der Waals surface area contributed by atoms with Crippen molar-refractivity contribution in [2.24, 2.45) is 0 Å². The monoisotopic (exact) mass is 404 g/mol. The summed E-state index contributed by atoms with van der Waals surface area (Å²) in [5.41, 5.74) is -0.830. The molecule has 0 spiro atoms. The molecule has 2 atom stereocenters. The molecule has 2 aliphatic rings. The molecule has 0 saturated carbocycles. The van der Waals surface area contributed by atoms with Gasteiger partial charge >= 0.3 is 0 Å². The summed E-state index contributed by atoms with van der Waals surface area (Å²) >= 11 is 0. The zero-order valence-corrected chi connectivity index (χ0v) is 15.5. The van der Waals surface area contributed by atoms with Crippen LogP contribution in [-0.2, 0) is 29.1 Å². The first-order chi connectivity index (χ1) is 13.9. The van der Waals surface area contributed by atoms with E-state index in [0.717, 1.165) is 12.5 Å². The summed E-state index contributed by atoms with van der Waals surface area (Å²) in [7, 11) is 1.45. The summed E-state index contributed by atoms with van der Waals surface area (Å²) in [5.74, 6) is -0.782. The van der Waals surface area contributed by atoms with Gasteiger partial charge < -0.3 is 15.0 Å². The van der Waals surface area contributed by atoms with Crippen molar-refractivity contribution in [3.05, 3.63) is 45.3 Å². The Morgan fingerprint density at radius 1 is 1.41 bits per heavy atom. The largest absolute Gasteiger partial charge is 0.508 e. The standard InChI is InChI=1S/C19H18F2N4O4/c1-22-13(27)7-24-6-11(10-5-9(8-26)17(28)16(21)15(10)20)14-18(24)23-12-3-2-4-25(12)19(14)29/h5-6,8,15-16,28H,2-4,7H2,1H3,(H,22,27). The number of aldehydes is 1. The van der Waals surface area contributed by atoms with Crippen LogP contribution in [0.1, 0.15) is 17.8 Å². The lowest BCUT2D eigenvalue weighted by Crippen LogP contribution is -2.27. The van der Waals surface area contributed by atoms with Gasteiger partial charge in [0.15, 0.2) is 18.6 Å². The van der Waals surface area contributed by atoms with Gasteiger partial charge in [-0.3, -0.25) is 19.0 Å². The fourth-order valence-electron chi connectivity index (χ4n) is 3.80. The topological polar surface area (TPSA) is 106 Å². The van der Waals surface area contributed by atoms with E-state index >= 15 is 0 Å². The van der Waals surface area contributed by atoms with Crippen molar-refractivity contribution in [3.63, 3.8) is 0 Å². The molecular formula is C19H18F2N4O4. The van der Waals surface area contributed by atoms with Crippen LogP contribution in [0.15, 0.2) is 28.4 Å². The predicted octanol–water partition coefficient (Wildman–Crippen LogP) is 0.974. The number of alkyl halides is 2. The smallest absolute Gasteiger partial charge is 0.263 e. The van der Waals surface area contributed by atoms with Crippen LogP contribution >= 0.6 is 0 Å². The number of hydrogen-bond donors (Lipinski definition) is 2. The molecule has 0 aromatic carbocycles. The number of aliphatic hydroxyl groups is 1. The second-order valence-electron chi connectivity index (χ2n) is 6.99. The van der Waals surface area contributed by atoms with Crippen molar-refractivity contribution in [2.75, 3.05) is 7.05 Å². The number of fused-ring (bicyclic) bond motifs is 2. The Kier molecular flexibility index (Phi) is 4.56. The lowest BCUT2D eigenvalue weighted by molar-refractivity contribution is -0.121. The second-order valence-corrected chi connectivity index (χ2v) is 6.99. The van der Waals surface area contributed by atoms with E-state index in [4.69, 9.17) is 0 Å². The maximum Gasteiger partial charge on any atom is 0.263 e. The number of carbonyl (C=O) groups excluding carboxylic acids is 2. The minimum Gasteiger partial charge on any atom is -0.508 e. The minimum absolute atomic E-state index is 0.0469. The van der Waals surface area contributed by atoms with E-state index < -0.39 is 29.2 Å². The molecule has 1 aliphatic carbocycles. The fraction of sp³-hybridized carbons (Fsp3) is 0.368. The lowest BCUT2D eigenvalue weighted by atomic mass is 9.90. The van der Waals surface area contributed by atoms with Gasteiger partial charge in [-0.05, 0) is 18.1 Å². The number of nitrogens with one attached hydrogen (secondary N) is 1. The molecule has 2 N–H and O–H groups in total. The molecule has 3 heterocycles. The Morgan fingerprint density at radius 2 is 2.17 bits per heavy atom. The van der Waals surface area contributed by atoms with Gasteiger partial charge in [0, 0.05) is 31.8 Å². The van der Waals surface area contributed by atoms with Crippen LogP contribution in [0.4, 0.5) is 8.78 Å². The number of nitrogens with zero attached hydrogens (tertiary/aromatic N) is 3. The third-order valence-corrected chi connectivity index (χ3v) is 5.29. The molecule has 0 radical (unpaired) electrons. The molecule has 10 heteroatoms. The minimum atomic E-state index is -2.43. The van der Waals surface area contributed by atoms with Gasteiger partial charge in [-0.15, -0.1) is 0 Å². The normalized spacial score (nSPS) is 21.3. The van der Waals surface area contributed by atoms with Gasteiger partial charge in [0.25, 0.3) is 5.56 Å². The van der Waals surface area contributed by atoms with E-state index in [1.807, 2.05) is 0 Å². The average Bonchev–Trinajstić information content (AvgIpc) is 3.32. The number of rotatable bonds is 4.